The summed E-state index contributed by atoms with van der Waals surface area (Å²) in [5.41, 5.74) is 6.45. The molecule has 2 heterocycles. The SMILES string of the molecule is Cc1cc2nc3c4ccccc4nc(NC(C)(C)C)n3c2cc1C. The van der Waals surface area contributed by atoms with Gasteiger partial charge in [-0.15, -0.1) is 0 Å². The molecule has 0 atom stereocenters. The van der Waals surface area contributed by atoms with Crippen molar-refractivity contribution in [1.82, 2.24) is 14.4 Å². The van der Waals surface area contributed by atoms with Gasteiger partial charge in [0.15, 0.2) is 0 Å². The number of hydrogen-bond donors (Lipinski definition) is 1. The third-order valence-electron chi connectivity index (χ3n) is 4.34. The molecule has 0 aliphatic rings. The van der Waals surface area contributed by atoms with Crippen LogP contribution in [0.5, 0.6) is 0 Å². The lowest BCUT2D eigenvalue weighted by atomic mass is 10.1. The van der Waals surface area contributed by atoms with Crippen LogP contribution in [0.1, 0.15) is 31.9 Å². The number of imidazole rings is 1. The molecule has 4 aromatic rings. The summed E-state index contributed by atoms with van der Waals surface area (Å²) in [7, 11) is 0. The third kappa shape index (κ3) is 2.30. The van der Waals surface area contributed by atoms with Crippen molar-refractivity contribution in [2.45, 2.75) is 40.2 Å². The molecule has 0 fully saturated rings. The fraction of sp³-hybridized carbons (Fsp3) is 0.300. The van der Waals surface area contributed by atoms with Crippen molar-refractivity contribution in [2.75, 3.05) is 5.32 Å². The molecule has 4 rings (SSSR count). The highest BCUT2D eigenvalue weighted by Gasteiger charge is 2.18. The summed E-state index contributed by atoms with van der Waals surface area (Å²) in [6.07, 6.45) is 0. The highest BCUT2D eigenvalue weighted by atomic mass is 15.2. The Bertz CT molecular complexity index is 1080. The zero-order valence-corrected chi connectivity index (χ0v) is 14.8. The molecule has 2 aromatic carbocycles. The Hall–Kier alpha value is -2.62. The lowest BCUT2D eigenvalue weighted by Crippen LogP contribution is -2.28. The van der Waals surface area contributed by atoms with Crippen molar-refractivity contribution in [1.29, 1.82) is 0 Å². The average Bonchev–Trinajstić information content (AvgIpc) is 2.85. The average molecular weight is 318 g/mol. The van der Waals surface area contributed by atoms with Crippen LogP contribution in [-0.2, 0) is 0 Å². The number of para-hydroxylation sites is 1. The molecule has 0 saturated carbocycles. The van der Waals surface area contributed by atoms with E-state index < -0.39 is 0 Å². The van der Waals surface area contributed by atoms with Crippen LogP contribution in [-0.4, -0.2) is 19.9 Å². The first-order valence-corrected chi connectivity index (χ1v) is 8.30. The molecule has 0 aliphatic carbocycles. The van der Waals surface area contributed by atoms with E-state index in [4.69, 9.17) is 9.97 Å². The Balaban J connectivity index is 2.20. The fourth-order valence-electron chi connectivity index (χ4n) is 3.07. The smallest absolute Gasteiger partial charge is 0.210 e. The van der Waals surface area contributed by atoms with Gasteiger partial charge >= 0.3 is 0 Å². The summed E-state index contributed by atoms with van der Waals surface area (Å²) in [4.78, 5) is 9.79. The van der Waals surface area contributed by atoms with Gasteiger partial charge in [0.05, 0.1) is 16.6 Å². The first-order valence-electron chi connectivity index (χ1n) is 8.30. The summed E-state index contributed by atoms with van der Waals surface area (Å²) in [5.74, 6) is 0.835. The van der Waals surface area contributed by atoms with E-state index in [-0.39, 0.29) is 5.54 Å². The van der Waals surface area contributed by atoms with Crippen LogP contribution >= 0.6 is 0 Å². The van der Waals surface area contributed by atoms with E-state index in [0.29, 0.717) is 0 Å². The Morgan fingerprint density at radius 2 is 1.62 bits per heavy atom. The first kappa shape index (κ1) is 14.9. The van der Waals surface area contributed by atoms with Gasteiger partial charge in [0.1, 0.15) is 5.65 Å². The van der Waals surface area contributed by atoms with Crippen molar-refractivity contribution in [2.24, 2.45) is 0 Å². The second kappa shape index (κ2) is 4.94. The molecule has 0 saturated heterocycles. The van der Waals surface area contributed by atoms with Gasteiger partial charge < -0.3 is 5.32 Å². The molecule has 1 N–H and O–H groups in total. The zero-order valence-electron chi connectivity index (χ0n) is 14.8. The van der Waals surface area contributed by atoms with Crippen LogP contribution in [0.4, 0.5) is 5.95 Å². The van der Waals surface area contributed by atoms with Gasteiger partial charge in [-0.25, -0.2) is 9.97 Å². The van der Waals surface area contributed by atoms with Gasteiger partial charge in [-0.05, 0) is 70.0 Å². The van der Waals surface area contributed by atoms with Crippen molar-refractivity contribution in [3.63, 3.8) is 0 Å². The molecule has 0 radical (unpaired) electrons. The summed E-state index contributed by atoms with van der Waals surface area (Å²) in [5, 5.41) is 4.61. The number of benzene rings is 2. The molecular formula is C20H22N4. The minimum Gasteiger partial charge on any atom is -0.351 e. The number of aryl methyl sites for hydroxylation is 2. The fourth-order valence-corrected chi connectivity index (χ4v) is 3.07. The predicted molar refractivity (Wildman–Crippen MR) is 101 cm³/mol. The van der Waals surface area contributed by atoms with E-state index >= 15 is 0 Å². The lowest BCUT2D eigenvalue weighted by molar-refractivity contribution is 0.625. The van der Waals surface area contributed by atoms with Gasteiger partial charge in [0, 0.05) is 10.9 Å². The number of aromatic nitrogens is 3. The Morgan fingerprint density at radius 3 is 2.38 bits per heavy atom. The minimum absolute atomic E-state index is 0.0846. The van der Waals surface area contributed by atoms with Crippen molar-refractivity contribution < 1.29 is 0 Å². The highest BCUT2D eigenvalue weighted by Crippen LogP contribution is 2.29. The summed E-state index contributed by atoms with van der Waals surface area (Å²) >= 11 is 0. The van der Waals surface area contributed by atoms with Gasteiger partial charge in [0.25, 0.3) is 0 Å². The van der Waals surface area contributed by atoms with Crippen LogP contribution in [0, 0.1) is 13.8 Å². The minimum atomic E-state index is -0.0846. The first-order chi connectivity index (χ1) is 11.3. The van der Waals surface area contributed by atoms with Gasteiger partial charge in [-0.1, -0.05) is 12.1 Å². The lowest BCUT2D eigenvalue weighted by Gasteiger charge is -2.22. The van der Waals surface area contributed by atoms with Gasteiger partial charge in [0.2, 0.25) is 5.95 Å². The molecule has 2 aromatic heterocycles. The van der Waals surface area contributed by atoms with E-state index in [0.717, 1.165) is 33.5 Å². The van der Waals surface area contributed by atoms with E-state index in [9.17, 15) is 0 Å². The van der Waals surface area contributed by atoms with Crippen molar-refractivity contribution >= 4 is 33.5 Å². The highest BCUT2D eigenvalue weighted by molar-refractivity contribution is 5.98. The van der Waals surface area contributed by atoms with Crippen LogP contribution in [0.15, 0.2) is 36.4 Å². The Labute approximate surface area is 141 Å². The predicted octanol–water partition coefficient (Wildman–Crippen LogP) is 4.86. The van der Waals surface area contributed by atoms with Crippen LogP contribution < -0.4 is 5.32 Å². The van der Waals surface area contributed by atoms with Gasteiger partial charge in [-0.3, -0.25) is 4.40 Å². The normalized spacial score (nSPS) is 12.4. The van der Waals surface area contributed by atoms with Crippen molar-refractivity contribution in [3.05, 3.63) is 47.5 Å². The summed E-state index contributed by atoms with van der Waals surface area (Å²) < 4.78 is 2.15. The van der Waals surface area contributed by atoms with Crippen LogP contribution in [0.25, 0.3) is 27.6 Å². The summed E-state index contributed by atoms with van der Waals surface area (Å²) in [6.45, 7) is 10.7. The number of anilines is 1. The number of nitrogens with one attached hydrogen (secondary N) is 1. The standard InChI is InChI=1S/C20H22N4/c1-12-10-16-17(11-13(12)2)24-18(21-16)14-8-6-7-9-15(14)22-19(24)23-20(3,4)5/h6-11H,1-5H3,(H,22,23). The van der Waals surface area contributed by atoms with Crippen LogP contribution in [0.3, 0.4) is 0 Å². The number of nitrogens with zero attached hydrogens (tertiary/aromatic N) is 3. The Kier molecular flexibility index (Phi) is 3.07. The van der Waals surface area contributed by atoms with Gasteiger partial charge in [-0.2, -0.15) is 0 Å². The molecule has 0 amide bonds. The maximum Gasteiger partial charge on any atom is 0.210 e. The molecule has 0 aliphatic heterocycles. The third-order valence-corrected chi connectivity index (χ3v) is 4.34. The maximum absolute atomic E-state index is 4.92. The van der Waals surface area contributed by atoms with Crippen LogP contribution in [0.2, 0.25) is 0 Å². The monoisotopic (exact) mass is 318 g/mol. The van der Waals surface area contributed by atoms with E-state index in [1.807, 2.05) is 18.2 Å². The van der Waals surface area contributed by atoms with E-state index in [1.54, 1.807) is 0 Å². The molecule has 4 nitrogen and oxygen atoms in total. The molecule has 4 heteroatoms. The largest absolute Gasteiger partial charge is 0.351 e. The molecule has 0 bridgehead atoms. The molecule has 0 spiro atoms. The Morgan fingerprint density at radius 1 is 0.917 bits per heavy atom. The topological polar surface area (TPSA) is 42.2 Å². The van der Waals surface area contributed by atoms with E-state index in [2.05, 4.69) is 62.5 Å². The van der Waals surface area contributed by atoms with Crippen molar-refractivity contribution in [3.8, 4) is 0 Å². The zero-order chi connectivity index (χ0) is 17.1. The number of fused-ring (bicyclic) bond motifs is 5. The number of hydrogen-bond acceptors (Lipinski definition) is 3. The molecule has 122 valence electrons. The maximum atomic E-state index is 4.92. The summed E-state index contributed by atoms with van der Waals surface area (Å²) in [6, 6.07) is 12.5. The second-order valence-electron chi connectivity index (χ2n) is 7.52. The molecule has 24 heavy (non-hydrogen) atoms. The van der Waals surface area contributed by atoms with E-state index in [1.165, 1.54) is 11.1 Å². The molecule has 0 unspecified atom stereocenters. The quantitative estimate of drug-likeness (QED) is 0.545. The molecular weight excluding hydrogens is 296 g/mol. The second-order valence-corrected chi connectivity index (χ2v) is 7.52. The number of rotatable bonds is 1.